The quantitative estimate of drug-likeness (QED) is 0.589. The van der Waals surface area contributed by atoms with Crippen LogP contribution in [0, 0.1) is 17.2 Å². The van der Waals surface area contributed by atoms with E-state index in [1.165, 1.54) is 32.1 Å². The van der Waals surface area contributed by atoms with Crippen LogP contribution >= 0.6 is 0 Å². The van der Waals surface area contributed by atoms with Gasteiger partial charge < -0.3 is 5.41 Å². The summed E-state index contributed by atoms with van der Waals surface area (Å²) in [4.78, 5) is 0. The molecule has 11 heavy (non-hydrogen) atoms. The summed E-state index contributed by atoms with van der Waals surface area (Å²) in [5, 5.41) is 7.51. The van der Waals surface area contributed by atoms with Crippen LogP contribution in [0.25, 0.3) is 0 Å². The third-order valence-corrected chi connectivity index (χ3v) is 3.04. The summed E-state index contributed by atoms with van der Waals surface area (Å²) >= 11 is 0. The van der Waals surface area contributed by atoms with E-state index in [0.717, 1.165) is 11.6 Å². The molecule has 1 aliphatic rings. The van der Waals surface area contributed by atoms with Crippen LogP contribution in [0.5, 0.6) is 0 Å². The highest BCUT2D eigenvalue weighted by atomic mass is 14.4. The molecule has 0 saturated heterocycles. The zero-order valence-electron chi connectivity index (χ0n) is 7.69. The van der Waals surface area contributed by atoms with Crippen molar-refractivity contribution in [2.45, 2.75) is 46.0 Å². The van der Waals surface area contributed by atoms with Crippen molar-refractivity contribution in [3.8, 4) is 0 Å². The molecular weight excluding hydrogens is 134 g/mol. The molecule has 0 aromatic carbocycles. The Morgan fingerprint density at radius 2 is 1.82 bits per heavy atom. The molecule has 0 aliphatic heterocycles. The second-order valence-corrected chi connectivity index (χ2v) is 3.81. The minimum absolute atomic E-state index is 0.623. The van der Waals surface area contributed by atoms with E-state index in [1.54, 1.807) is 0 Å². The molecule has 0 amide bonds. The van der Waals surface area contributed by atoms with Crippen molar-refractivity contribution in [2.75, 3.05) is 0 Å². The first kappa shape index (κ1) is 8.76. The van der Waals surface area contributed by atoms with Gasteiger partial charge >= 0.3 is 0 Å². The number of hydrogen-bond acceptors (Lipinski definition) is 1. The molecule has 0 bridgehead atoms. The standard InChI is InChI=1S/C10H19N/c1-3-9-4-6-10(7-5-9)8(2)11/h9-11H,3-7H2,1-2H3. The van der Waals surface area contributed by atoms with E-state index in [1.807, 2.05) is 6.92 Å². The SMILES string of the molecule is CCC1CCC(C(C)=N)CC1. The Morgan fingerprint density at radius 1 is 1.27 bits per heavy atom. The highest BCUT2D eigenvalue weighted by Crippen LogP contribution is 2.30. The molecule has 1 N–H and O–H groups in total. The van der Waals surface area contributed by atoms with Crippen molar-refractivity contribution in [3.05, 3.63) is 0 Å². The molecule has 0 atom stereocenters. The zero-order chi connectivity index (χ0) is 8.27. The summed E-state index contributed by atoms with van der Waals surface area (Å²) < 4.78 is 0. The second-order valence-electron chi connectivity index (χ2n) is 3.81. The van der Waals surface area contributed by atoms with Crippen LogP contribution in [-0.2, 0) is 0 Å². The van der Waals surface area contributed by atoms with Gasteiger partial charge in [-0.3, -0.25) is 0 Å². The third kappa shape index (κ3) is 2.32. The zero-order valence-corrected chi connectivity index (χ0v) is 7.69. The lowest BCUT2D eigenvalue weighted by Crippen LogP contribution is -2.18. The van der Waals surface area contributed by atoms with Gasteiger partial charge in [0.2, 0.25) is 0 Å². The van der Waals surface area contributed by atoms with Gasteiger partial charge in [0.25, 0.3) is 0 Å². The van der Waals surface area contributed by atoms with Crippen LogP contribution in [0.15, 0.2) is 0 Å². The van der Waals surface area contributed by atoms with Crippen molar-refractivity contribution in [1.29, 1.82) is 5.41 Å². The normalized spacial score (nSPS) is 31.8. The average molecular weight is 153 g/mol. The summed E-state index contributed by atoms with van der Waals surface area (Å²) in [6.45, 7) is 4.24. The van der Waals surface area contributed by atoms with E-state index in [2.05, 4.69) is 6.92 Å². The summed E-state index contributed by atoms with van der Waals surface area (Å²) in [6.07, 6.45) is 6.60. The van der Waals surface area contributed by atoms with Crippen molar-refractivity contribution in [1.82, 2.24) is 0 Å². The minimum Gasteiger partial charge on any atom is -0.310 e. The molecule has 1 saturated carbocycles. The van der Waals surface area contributed by atoms with Crippen molar-refractivity contribution in [3.63, 3.8) is 0 Å². The highest BCUT2D eigenvalue weighted by Gasteiger charge is 2.20. The first-order valence-corrected chi connectivity index (χ1v) is 4.79. The van der Waals surface area contributed by atoms with E-state index >= 15 is 0 Å². The van der Waals surface area contributed by atoms with Crippen molar-refractivity contribution >= 4 is 5.71 Å². The molecule has 0 heterocycles. The second kappa shape index (κ2) is 3.89. The Kier molecular flexibility index (Phi) is 3.10. The van der Waals surface area contributed by atoms with Crippen LogP contribution in [0.1, 0.15) is 46.0 Å². The van der Waals surface area contributed by atoms with Crippen LogP contribution in [0.2, 0.25) is 0 Å². The lowest BCUT2D eigenvalue weighted by Gasteiger charge is -2.26. The number of nitrogens with one attached hydrogen (secondary N) is 1. The maximum Gasteiger partial charge on any atom is 0.00891 e. The molecule has 1 heteroatoms. The predicted octanol–water partition coefficient (Wildman–Crippen LogP) is 3.24. The molecule has 0 spiro atoms. The number of hydrogen-bond donors (Lipinski definition) is 1. The highest BCUT2D eigenvalue weighted by molar-refractivity contribution is 5.81. The Morgan fingerprint density at radius 3 is 2.18 bits per heavy atom. The first-order chi connectivity index (χ1) is 5.24. The van der Waals surface area contributed by atoms with Crippen molar-refractivity contribution in [2.24, 2.45) is 11.8 Å². The van der Waals surface area contributed by atoms with Gasteiger partial charge in [0.15, 0.2) is 0 Å². The third-order valence-electron chi connectivity index (χ3n) is 3.04. The van der Waals surface area contributed by atoms with Gasteiger partial charge in [-0.25, -0.2) is 0 Å². The summed E-state index contributed by atoms with van der Waals surface area (Å²) in [6, 6.07) is 0. The van der Waals surface area contributed by atoms with Crippen LogP contribution in [0.3, 0.4) is 0 Å². The smallest absolute Gasteiger partial charge is 0.00891 e. The fourth-order valence-corrected chi connectivity index (χ4v) is 2.00. The average Bonchev–Trinajstić information content (AvgIpc) is 2.05. The fraction of sp³-hybridized carbons (Fsp3) is 0.900. The van der Waals surface area contributed by atoms with E-state index in [0.29, 0.717) is 5.92 Å². The molecule has 0 radical (unpaired) electrons. The van der Waals surface area contributed by atoms with Gasteiger partial charge in [-0.2, -0.15) is 0 Å². The Labute approximate surface area is 69.7 Å². The molecule has 64 valence electrons. The van der Waals surface area contributed by atoms with Crippen LogP contribution in [-0.4, -0.2) is 5.71 Å². The summed E-state index contributed by atoms with van der Waals surface area (Å²) in [5.74, 6) is 1.59. The monoisotopic (exact) mass is 153 g/mol. The lowest BCUT2D eigenvalue weighted by molar-refractivity contribution is 0.314. The lowest BCUT2D eigenvalue weighted by atomic mass is 9.79. The van der Waals surface area contributed by atoms with Crippen molar-refractivity contribution < 1.29 is 0 Å². The van der Waals surface area contributed by atoms with Gasteiger partial charge in [0.1, 0.15) is 0 Å². The Hall–Kier alpha value is -0.330. The summed E-state index contributed by atoms with van der Waals surface area (Å²) in [7, 11) is 0. The van der Waals surface area contributed by atoms with Crippen LogP contribution in [0.4, 0.5) is 0 Å². The molecule has 0 aromatic rings. The Balaban J connectivity index is 2.30. The predicted molar refractivity (Wildman–Crippen MR) is 49.1 cm³/mol. The molecule has 1 rings (SSSR count). The van der Waals surface area contributed by atoms with Crippen LogP contribution < -0.4 is 0 Å². The van der Waals surface area contributed by atoms with E-state index in [4.69, 9.17) is 5.41 Å². The van der Waals surface area contributed by atoms with E-state index in [-0.39, 0.29) is 0 Å². The van der Waals surface area contributed by atoms with Gasteiger partial charge in [-0.05, 0) is 44.4 Å². The van der Waals surface area contributed by atoms with Gasteiger partial charge in [-0.1, -0.05) is 13.3 Å². The number of rotatable bonds is 2. The summed E-state index contributed by atoms with van der Waals surface area (Å²) in [5.41, 5.74) is 0.902. The van der Waals surface area contributed by atoms with Gasteiger partial charge in [-0.15, -0.1) is 0 Å². The fourth-order valence-electron chi connectivity index (χ4n) is 2.00. The molecule has 1 aliphatic carbocycles. The molecule has 0 unspecified atom stereocenters. The molecule has 1 nitrogen and oxygen atoms in total. The van der Waals surface area contributed by atoms with Gasteiger partial charge in [0, 0.05) is 5.71 Å². The topological polar surface area (TPSA) is 23.9 Å². The van der Waals surface area contributed by atoms with Gasteiger partial charge in [0.05, 0.1) is 0 Å². The Bertz CT molecular complexity index is 132. The molecule has 1 fully saturated rings. The minimum atomic E-state index is 0.623. The molecular formula is C10H19N. The largest absolute Gasteiger partial charge is 0.310 e. The van der Waals surface area contributed by atoms with E-state index in [9.17, 15) is 0 Å². The van der Waals surface area contributed by atoms with E-state index < -0.39 is 0 Å². The maximum atomic E-state index is 7.51. The first-order valence-electron chi connectivity index (χ1n) is 4.79. The molecule has 0 aromatic heterocycles. The maximum absolute atomic E-state index is 7.51.